The van der Waals surface area contributed by atoms with Crippen LogP contribution in [0, 0.1) is 0 Å². The number of nitrogens with zero attached hydrogens (tertiary/aromatic N) is 1. The second-order valence-electron chi connectivity index (χ2n) is 6.05. The Morgan fingerprint density at radius 3 is 2.28 bits per heavy atom. The van der Waals surface area contributed by atoms with Gasteiger partial charge in [0, 0.05) is 13.1 Å². The van der Waals surface area contributed by atoms with Crippen LogP contribution in [0.5, 0.6) is 5.75 Å². The molecule has 25 heavy (non-hydrogen) atoms. The molecule has 0 unspecified atom stereocenters. The third-order valence-electron chi connectivity index (χ3n) is 4.40. The van der Waals surface area contributed by atoms with E-state index >= 15 is 0 Å². The molecule has 2 aromatic rings. The Hall–Kier alpha value is -2.82. The highest BCUT2D eigenvalue weighted by atomic mass is 16.5. The predicted molar refractivity (Wildman–Crippen MR) is 97.1 cm³/mol. The molecule has 1 heterocycles. The van der Waals surface area contributed by atoms with Crippen LogP contribution in [0.25, 0.3) is 0 Å². The molecule has 1 aliphatic heterocycles. The number of para-hydroxylation sites is 2. The summed E-state index contributed by atoms with van der Waals surface area (Å²) < 4.78 is 5.24. The molecule has 0 bridgehead atoms. The highest BCUT2D eigenvalue weighted by Gasteiger charge is 2.22. The molecule has 0 spiro atoms. The van der Waals surface area contributed by atoms with Gasteiger partial charge in [0.25, 0.3) is 11.8 Å². The minimum Gasteiger partial charge on any atom is -0.496 e. The van der Waals surface area contributed by atoms with Gasteiger partial charge in [-0.1, -0.05) is 24.3 Å². The zero-order chi connectivity index (χ0) is 17.6. The molecule has 0 aromatic heterocycles. The van der Waals surface area contributed by atoms with Crippen LogP contribution in [0.1, 0.15) is 40.0 Å². The van der Waals surface area contributed by atoms with E-state index in [-0.39, 0.29) is 11.8 Å². The van der Waals surface area contributed by atoms with Crippen LogP contribution in [0.4, 0.5) is 5.69 Å². The summed E-state index contributed by atoms with van der Waals surface area (Å²) in [5, 5.41) is 2.86. The third-order valence-corrected chi connectivity index (χ3v) is 4.40. The summed E-state index contributed by atoms with van der Waals surface area (Å²) in [6.45, 7) is 1.54. The van der Waals surface area contributed by atoms with E-state index in [1.165, 1.54) is 7.11 Å². The van der Waals surface area contributed by atoms with Crippen molar-refractivity contribution in [3.05, 3.63) is 59.7 Å². The smallest absolute Gasteiger partial charge is 0.259 e. The Kier molecular flexibility index (Phi) is 5.33. The van der Waals surface area contributed by atoms with Crippen molar-refractivity contribution in [2.75, 3.05) is 25.5 Å². The number of ether oxygens (including phenoxy) is 1. The number of anilines is 1. The molecule has 0 atom stereocenters. The Balaban J connectivity index is 1.83. The van der Waals surface area contributed by atoms with E-state index in [9.17, 15) is 9.59 Å². The van der Waals surface area contributed by atoms with Gasteiger partial charge >= 0.3 is 0 Å². The molecule has 2 aromatic carbocycles. The van der Waals surface area contributed by atoms with Crippen LogP contribution < -0.4 is 10.1 Å². The molecule has 2 amide bonds. The highest BCUT2D eigenvalue weighted by Crippen LogP contribution is 2.23. The maximum Gasteiger partial charge on any atom is 0.259 e. The molecule has 0 saturated carbocycles. The van der Waals surface area contributed by atoms with Crippen molar-refractivity contribution in [3.63, 3.8) is 0 Å². The molecule has 5 heteroatoms. The summed E-state index contributed by atoms with van der Waals surface area (Å²) in [5.41, 5.74) is 1.48. The summed E-state index contributed by atoms with van der Waals surface area (Å²) in [6, 6.07) is 14.2. The van der Waals surface area contributed by atoms with Crippen LogP contribution in [0.15, 0.2) is 48.5 Å². The minimum absolute atomic E-state index is 0.0318. The largest absolute Gasteiger partial charge is 0.496 e. The van der Waals surface area contributed by atoms with Crippen molar-refractivity contribution < 1.29 is 14.3 Å². The lowest BCUT2D eigenvalue weighted by Crippen LogP contribution is -2.36. The standard InChI is InChI=1S/C20H22N2O3/c1-25-18-12-6-4-10-16(18)19(23)21-17-11-5-3-9-15(17)20(24)22-13-7-2-8-14-22/h3-6,9-12H,2,7-8,13-14H2,1H3,(H,21,23). The molecule has 1 saturated heterocycles. The SMILES string of the molecule is COc1ccccc1C(=O)Nc1ccccc1C(=O)N1CCCCC1. The number of amides is 2. The lowest BCUT2D eigenvalue weighted by Gasteiger charge is -2.27. The molecule has 0 radical (unpaired) electrons. The second kappa shape index (κ2) is 7.83. The van der Waals surface area contributed by atoms with Crippen molar-refractivity contribution in [1.29, 1.82) is 0 Å². The average Bonchev–Trinajstić information content (AvgIpc) is 2.68. The number of carbonyl (C=O) groups excluding carboxylic acids is 2. The summed E-state index contributed by atoms with van der Waals surface area (Å²) in [4.78, 5) is 27.3. The third kappa shape index (κ3) is 3.82. The van der Waals surface area contributed by atoms with Gasteiger partial charge in [-0.05, 0) is 43.5 Å². The van der Waals surface area contributed by atoms with Crippen molar-refractivity contribution in [1.82, 2.24) is 4.90 Å². The van der Waals surface area contributed by atoms with Crippen molar-refractivity contribution >= 4 is 17.5 Å². The van der Waals surface area contributed by atoms with Crippen LogP contribution in [-0.2, 0) is 0 Å². The van der Waals surface area contributed by atoms with Crippen molar-refractivity contribution in [2.45, 2.75) is 19.3 Å². The first-order valence-corrected chi connectivity index (χ1v) is 8.53. The first-order chi connectivity index (χ1) is 12.2. The topological polar surface area (TPSA) is 58.6 Å². The molecular formula is C20H22N2O3. The quantitative estimate of drug-likeness (QED) is 0.927. The van der Waals surface area contributed by atoms with Gasteiger partial charge < -0.3 is 15.0 Å². The number of piperidine rings is 1. The monoisotopic (exact) mass is 338 g/mol. The van der Waals surface area contributed by atoms with Crippen molar-refractivity contribution in [2.24, 2.45) is 0 Å². The lowest BCUT2D eigenvalue weighted by molar-refractivity contribution is 0.0725. The number of nitrogens with one attached hydrogen (secondary N) is 1. The first-order valence-electron chi connectivity index (χ1n) is 8.53. The number of hydrogen-bond acceptors (Lipinski definition) is 3. The molecule has 1 fully saturated rings. The van der Waals surface area contributed by atoms with Gasteiger partial charge in [0.15, 0.2) is 0 Å². The Morgan fingerprint density at radius 2 is 1.56 bits per heavy atom. The van der Waals surface area contributed by atoms with E-state index in [1.54, 1.807) is 30.3 Å². The van der Waals surface area contributed by atoms with Crippen LogP contribution >= 0.6 is 0 Å². The van der Waals surface area contributed by atoms with E-state index in [0.29, 0.717) is 22.6 Å². The van der Waals surface area contributed by atoms with Gasteiger partial charge in [-0.25, -0.2) is 0 Å². The fourth-order valence-electron chi connectivity index (χ4n) is 3.07. The number of likely N-dealkylation sites (tertiary alicyclic amines) is 1. The molecule has 130 valence electrons. The fraction of sp³-hybridized carbons (Fsp3) is 0.300. The fourth-order valence-corrected chi connectivity index (χ4v) is 3.07. The Bertz CT molecular complexity index is 767. The minimum atomic E-state index is -0.295. The number of carbonyl (C=O) groups is 2. The molecule has 0 aliphatic carbocycles. The number of hydrogen-bond donors (Lipinski definition) is 1. The number of methoxy groups -OCH3 is 1. The summed E-state index contributed by atoms with van der Waals surface area (Å²) in [6.07, 6.45) is 3.22. The predicted octanol–water partition coefficient (Wildman–Crippen LogP) is 3.57. The van der Waals surface area contributed by atoms with Gasteiger partial charge in [-0.3, -0.25) is 9.59 Å². The van der Waals surface area contributed by atoms with E-state index < -0.39 is 0 Å². The highest BCUT2D eigenvalue weighted by molar-refractivity contribution is 6.10. The summed E-state index contributed by atoms with van der Waals surface area (Å²) >= 11 is 0. The normalized spacial score (nSPS) is 14.0. The maximum absolute atomic E-state index is 12.8. The van der Waals surface area contributed by atoms with Crippen molar-refractivity contribution in [3.8, 4) is 5.75 Å². The van der Waals surface area contributed by atoms with Gasteiger partial charge in [-0.15, -0.1) is 0 Å². The molecule has 3 rings (SSSR count). The van der Waals surface area contributed by atoms with Gasteiger partial charge in [0.2, 0.25) is 0 Å². The molecule has 1 aliphatic rings. The molecule has 5 nitrogen and oxygen atoms in total. The van der Waals surface area contributed by atoms with Gasteiger partial charge in [0.05, 0.1) is 23.9 Å². The molecular weight excluding hydrogens is 316 g/mol. The Morgan fingerprint density at radius 1 is 0.920 bits per heavy atom. The van der Waals surface area contributed by atoms with Crippen LogP contribution in [0.3, 0.4) is 0 Å². The lowest BCUT2D eigenvalue weighted by atomic mass is 10.1. The van der Waals surface area contributed by atoms with Gasteiger partial charge in [-0.2, -0.15) is 0 Å². The zero-order valence-electron chi connectivity index (χ0n) is 14.3. The van der Waals surface area contributed by atoms with E-state index in [0.717, 1.165) is 32.4 Å². The van der Waals surface area contributed by atoms with Crippen LogP contribution in [-0.4, -0.2) is 36.9 Å². The molecule has 1 N–H and O–H groups in total. The second-order valence-corrected chi connectivity index (χ2v) is 6.05. The zero-order valence-corrected chi connectivity index (χ0v) is 14.3. The first kappa shape index (κ1) is 17.0. The van der Waals surface area contributed by atoms with Gasteiger partial charge in [0.1, 0.15) is 5.75 Å². The van der Waals surface area contributed by atoms with E-state index in [2.05, 4.69) is 5.32 Å². The summed E-state index contributed by atoms with van der Waals surface area (Å²) in [7, 11) is 1.53. The number of rotatable bonds is 4. The maximum atomic E-state index is 12.8. The van der Waals surface area contributed by atoms with E-state index in [4.69, 9.17) is 4.74 Å². The summed E-state index contributed by atoms with van der Waals surface area (Å²) in [5.74, 6) is 0.173. The number of benzene rings is 2. The Labute approximate surface area is 147 Å². The average molecular weight is 338 g/mol. The van der Waals surface area contributed by atoms with E-state index in [1.807, 2.05) is 23.1 Å². The van der Waals surface area contributed by atoms with Crippen LogP contribution in [0.2, 0.25) is 0 Å².